The first kappa shape index (κ1) is 19.1. The highest BCUT2D eigenvalue weighted by atomic mass is 16.2. The van der Waals surface area contributed by atoms with Crippen LogP contribution in [0.15, 0.2) is 18.2 Å². The molecule has 0 spiro atoms. The summed E-state index contributed by atoms with van der Waals surface area (Å²) in [5.74, 6) is -0.0478. The highest BCUT2D eigenvalue weighted by Gasteiger charge is 2.45. The minimum Gasteiger partial charge on any atom is -0.368 e. The third kappa shape index (κ3) is 3.22. The van der Waals surface area contributed by atoms with Crippen LogP contribution in [0.5, 0.6) is 0 Å². The summed E-state index contributed by atoms with van der Waals surface area (Å²) in [6.45, 7) is 7.55. The van der Waals surface area contributed by atoms with Crippen molar-refractivity contribution < 1.29 is 9.59 Å². The first-order valence-electron chi connectivity index (χ1n) is 9.62. The number of anilines is 1. The van der Waals surface area contributed by atoms with Gasteiger partial charge in [0.05, 0.1) is 10.9 Å². The third-order valence-corrected chi connectivity index (χ3v) is 5.50. The number of nitrogens with zero attached hydrogens (tertiary/aromatic N) is 3. The average molecular weight is 369 g/mol. The van der Waals surface area contributed by atoms with E-state index in [9.17, 15) is 9.59 Å². The molecule has 0 bridgehead atoms. The van der Waals surface area contributed by atoms with E-state index in [4.69, 9.17) is 5.73 Å². The summed E-state index contributed by atoms with van der Waals surface area (Å²) in [6, 6.07) is 5.66. The van der Waals surface area contributed by atoms with Crippen molar-refractivity contribution in [2.75, 3.05) is 25.4 Å². The van der Waals surface area contributed by atoms with Gasteiger partial charge in [-0.3, -0.25) is 9.59 Å². The SMILES string of the molecule is CCNC(=O)C1(c2ccc3nc(N)nc(C(=O)N(CC)CC)c3c2)CCC1. The van der Waals surface area contributed by atoms with Crippen molar-refractivity contribution in [2.24, 2.45) is 0 Å². The molecule has 144 valence electrons. The summed E-state index contributed by atoms with van der Waals surface area (Å²) in [7, 11) is 0. The van der Waals surface area contributed by atoms with Crippen molar-refractivity contribution >= 4 is 28.7 Å². The lowest BCUT2D eigenvalue weighted by molar-refractivity contribution is -0.129. The smallest absolute Gasteiger partial charge is 0.273 e. The quantitative estimate of drug-likeness (QED) is 0.813. The molecule has 2 aromatic rings. The van der Waals surface area contributed by atoms with E-state index < -0.39 is 5.41 Å². The van der Waals surface area contributed by atoms with Crippen molar-refractivity contribution in [1.29, 1.82) is 0 Å². The van der Waals surface area contributed by atoms with Crippen LogP contribution in [0.25, 0.3) is 10.9 Å². The van der Waals surface area contributed by atoms with Gasteiger partial charge in [-0.2, -0.15) is 0 Å². The summed E-state index contributed by atoms with van der Waals surface area (Å²) in [5, 5.41) is 3.60. The molecule has 3 N–H and O–H groups in total. The number of hydrogen-bond donors (Lipinski definition) is 2. The van der Waals surface area contributed by atoms with Crippen LogP contribution < -0.4 is 11.1 Å². The predicted molar refractivity (Wildman–Crippen MR) is 105 cm³/mol. The van der Waals surface area contributed by atoms with E-state index in [1.807, 2.05) is 39.0 Å². The standard InChI is InChI=1S/C20H27N5O2/c1-4-22-18(27)20(10-7-11-20)13-8-9-15-14(12-13)16(24-19(21)23-15)17(26)25(5-2)6-3/h8-9,12H,4-7,10-11H2,1-3H3,(H,22,27)(H2,21,23,24). The van der Waals surface area contributed by atoms with Gasteiger partial charge in [-0.1, -0.05) is 12.5 Å². The summed E-state index contributed by atoms with van der Waals surface area (Å²) < 4.78 is 0. The number of carbonyl (C=O) groups is 2. The maximum absolute atomic E-state index is 13.0. The number of hydrogen-bond acceptors (Lipinski definition) is 5. The zero-order valence-electron chi connectivity index (χ0n) is 16.2. The second-order valence-electron chi connectivity index (χ2n) is 6.93. The van der Waals surface area contributed by atoms with Crippen LogP contribution in [0, 0.1) is 0 Å². The van der Waals surface area contributed by atoms with Crippen molar-refractivity contribution in [2.45, 2.75) is 45.4 Å². The zero-order chi connectivity index (χ0) is 19.6. The Morgan fingerprint density at radius 2 is 1.89 bits per heavy atom. The van der Waals surface area contributed by atoms with Gasteiger partial charge in [-0.15, -0.1) is 0 Å². The monoisotopic (exact) mass is 369 g/mol. The largest absolute Gasteiger partial charge is 0.368 e. The number of nitrogens with two attached hydrogens (primary N) is 1. The molecule has 1 saturated carbocycles. The molecule has 27 heavy (non-hydrogen) atoms. The molecule has 0 unspecified atom stereocenters. The maximum atomic E-state index is 13.0. The molecule has 7 nitrogen and oxygen atoms in total. The lowest BCUT2D eigenvalue weighted by atomic mass is 9.63. The molecule has 7 heteroatoms. The zero-order valence-corrected chi connectivity index (χ0v) is 16.2. The van der Waals surface area contributed by atoms with E-state index in [0.29, 0.717) is 36.2 Å². The van der Waals surface area contributed by atoms with Crippen LogP contribution in [-0.4, -0.2) is 46.3 Å². The van der Waals surface area contributed by atoms with Gasteiger partial charge in [-0.05, 0) is 51.3 Å². The van der Waals surface area contributed by atoms with E-state index in [-0.39, 0.29) is 17.8 Å². The number of fused-ring (bicyclic) bond motifs is 1. The van der Waals surface area contributed by atoms with E-state index in [1.54, 1.807) is 4.90 Å². The fourth-order valence-corrected chi connectivity index (χ4v) is 3.77. The van der Waals surface area contributed by atoms with Crippen LogP contribution in [0.4, 0.5) is 5.95 Å². The Labute approximate surface area is 159 Å². The van der Waals surface area contributed by atoms with Crippen molar-refractivity contribution in [1.82, 2.24) is 20.2 Å². The van der Waals surface area contributed by atoms with Crippen LogP contribution in [-0.2, 0) is 10.2 Å². The predicted octanol–water partition coefficient (Wildman–Crippen LogP) is 2.25. The van der Waals surface area contributed by atoms with E-state index in [1.165, 1.54) is 0 Å². The minimum atomic E-state index is -0.527. The third-order valence-electron chi connectivity index (χ3n) is 5.50. The van der Waals surface area contributed by atoms with E-state index >= 15 is 0 Å². The topological polar surface area (TPSA) is 101 Å². The second kappa shape index (κ2) is 7.50. The van der Waals surface area contributed by atoms with Gasteiger partial charge in [0.1, 0.15) is 5.69 Å². The highest BCUT2D eigenvalue weighted by molar-refractivity contribution is 6.05. The van der Waals surface area contributed by atoms with Crippen molar-refractivity contribution in [3.8, 4) is 0 Å². The Morgan fingerprint density at radius 3 is 2.44 bits per heavy atom. The number of likely N-dealkylation sites (N-methyl/N-ethyl adjacent to an activating group) is 1. The van der Waals surface area contributed by atoms with Gasteiger partial charge in [0.15, 0.2) is 0 Å². The Kier molecular flexibility index (Phi) is 5.30. The van der Waals surface area contributed by atoms with Gasteiger partial charge in [0, 0.05) is 25.0 Å². The Balaban J connectivity index is 2.14. The van der Waals surface area contributed by atoms with E-state index in [2.05, 4.69) is 15.3 Å². The molecule has 1 aliphatic rings. The van der Waals surface area contributed by atoms with Gasteiger partial charge >= 0.3 is 0 Å². The van der Waals surface area contributed by atoms with Crippen molar-refractivity contribution in [3.63, 3.8) is 0 Å². The van der Waals surface area contributed by atoms with Gasteiger partial charge in [0.25, 0.3) is 5.91 Å². The highest BCUT2D eigenvalue weighted by Crippen LogP contribution is 2.44. The Bertz CT molecular complexity index is 872. The van der Waals surface area contributed by atoms with Gasteiger partial charge < -0.3 is 16.0 Å². The number of carbonyl (C=O) groups excluding carboxylic acids is 2. The minimum absolute atomic E-state index is 0.0450. The fourth-order valence-electron chi connectivity index (χ4n) is 3.77. The number of nitrogens with one attached hydrogen (secondary N) is 1. The molecule has 1 fully saturated rings. The normalized spacial score (nSPS) is 15.2. The average Bonchev–Trinajstić information content (AvgIpc) is 2.61. The molecule has 0 aliphatic heterocycles. The molecule has 1 heterocycles. The summed E-state index contributed by atoms with van der Waals surface area (Å²) in [4.78, 5) is 35.9. The Hall–Kier alpha value is -2.70. The molecular weight excluding hydrogens is 342 g/mol. The van der Waals surface area contributed by atoms with Crippen molar-refractivity contribution in [3.05, 3.63) is 29.5 Å². The molecule has 1 aromatic heterocycles. The molecule has 2 amide bonds. The summed E-state index contributed by atoms with van der Waals surface area (Å²) in [6.07, 6.45) is 2.62. The molecule has 0 radical (unpaired) electrons. The molecule has 1 aromatic carbocycles. The first-order chi connectivity index (χ1) is 13.0. The van der Waals surface area contributed by atoms with Crippen LogP contribution in [0.2, 0.25) is 0 Å². The molecule has 3 rings (SSSR count). The number of rotatable bonds is 6. The lowest BCUT2D eigenvalue weighted by Gasteiger charge is -2.40. The van der Waals surface area contributed by atoms with Crippen LogP contribution >= 0.6 is 0 Å². The fraction of sp³-hybridized carbons (Fsp3) is 0.500. The van der Waals surface area contributed by atoms with Crippen LogP contribution in [0.3, 0.4) is 0 Å². The lowest BCUT2D eigenvalue weighted by Crippen LogP contribution is -2.49. The van der Waals surface area contributed by atoms with Gasteiger partial charge in [-0.25, -0.2) is 9.97 Å². The Morgan fingerprint density at radius 1 is 1.19 bits per heavy atom. The molecule has 0 saturated heterocycles. The number of amides is 2. The molecular formula is C20H27N5O2. The summed E-state index contributed by atoms with van der Waals surface area (Å²) >= 11 is 0. The number of nitrogen functional groups attached to an aromatic ring is 1. The molecule has 0 atom stereocenters. The molecule has 1 aliphatic carbocycles. The van der Waals surface area contributed by atoms with E-state index in [0.717, 1.165) is 24.8 Å². The van der Waals surface area contributed by atoms with Gasteiger partial charge in [0.2, 0.25) is 11.9 Å². The van der Waals surface area contributed by atoms with Crippen LogP contribution in [0.1, 0.15) is 56.1 Å². The second-order valence-corrected chi connectivity index (χ2v) is 6.93. The maximum Gasteiger partial charge on any atom is 0.273 e. The summed E-state index contributed by atoms with van der Waals surface area (Å²) in [5.41, 5.74) is 7.14. The first-order valence-corrected chi connectivity index (χ1v) is 9.62. The number of aromatic nitrogens is 2. The number of benzene rings is 1.